The molecule has 23 heavy (non-hydrogen) atoms. The van der Waals surface area contributed by atoms with Gasteiger partial charge in [0.05, 0.1) is 5.69 Å². The molecule has 0 bridgehead atoms. The van der Waals surface area contributed by atoms with Crippen molar-refractivity contribution < 1.29 is 4.79 Å². The van der Waals surface area contributed by atoms with Crippen LogP contribution in [-0.2, 0) is 6.54 Å². The van der Waals surface area contributed by atoms with Gasteiger partial charge in [-0.25, -0.2) is 0 Å². The highest BCUT2D eigenvalue weighted by Gasteiger charge is 2.07. The minimum absolute atomic E-state index is 0.0700. The van der Waals surface area contributed by atoms with Crippen LogP contribution >= 0.6 is 0 Å². The molecule has 2 heterocycles. The normalized spacial score (nSPS) is 10.3. The molecule has 0 aliphatic heterocycles. The van der Waals surface area contributed by atoms with Crippen molar-refractivity contribution in [2.45, 2.75) is 13.5 Å². The first-order valence-corrected chi connectivity index (χ1v) is 7.43. The summed E-state index contributed by atoms with van der Waals surface area (Å²) in [5.74, 6) is -0.0700. The van der Waals surface area contributed by atoms with E-state index < -0.39 is 0 Å². The van der Waals surface area contributed by atoms with Gasteiger partial charge < -0.3 is 5.32 Å². The van der Waals surface area contributed by atoms with Gasteiger partial charge in [-0.05, 0) is 42.3 Å². The Bertz CT molecular complexity index is 798. The molecule has 0 fully saturated rings. The summed E-state index contributed by atoms with van der Waals surface area (Å²) in [4.78, 5) is 20.7. The Balaban J connectivity index is 1.65. The molecule has 4 heteroatoms. The number of nitrogens with one attached hydrogen (secondary N) is 1. The lowest BCUT2D eigenvalue weighted by Gasteiger charge is -2.08. The first kappa shape index (κ1) is 14.9. The summed E-state index contributed by atoms with van der Waals surface area (Å²) in [6.07, 6.45) is 5.29. The highest BCUT2D eigenvalue weighted by molar-refractivity contribution is 5.95. The summed E-state index contributed by atoms with van der Waals surface area (Å²) in [6.45, 7) is 2.38. The number of amides is 1. The lowest BCUT2D eigenvalue weighted by molar-refractivity contribution is 0.0950. The summed E-state index contributed by atoms with van der Waals surface area (Å²) in [5, 5.41) is 2.92. The summed E-state index contributed by atoms with van der Waals surface area (Å²) >= 11 is 0. The quantitative estimate of drug-likeness (QED) is 0.804. The Morgan fingerprint density at radius 3 is 2.61 bits per heavy atom. The number of nitrogens with zero attached hydrogens (tertiary/aromatic N) is 2. The van der Waals surface area contributed by atoms with Crippen LogP contribution in [0.15, 0.2) is 67.1 Å². The molecule has 0 unspecified atom stereocenters. The van der Waals surface area contributed by atoms with Crippen LogP contribution in [0.4, 0.5) is 0 Å². The fraction of sp³-hybridized carbons (Fsp3) is 0.105. The van der Waals surface area contributed by atoms with Crippen LogP contribution in [0.2, 0.25) is 0 Å². The molecule has 1 aromatic carbocycles. The molecule has 3 aromatic rings. The standard InChI is InChI=1S/C19H17N3O/c1-14-5-2-3-7-17(14)19(23)22-12-15-8-9-18(21-11-15)16-6-4-10-20-13-16/h2-11,13H,12H2,1H3,(H,22,23). The zero-order chi connectivity index (χ0) is 16.1. The summed E-state index contributed by atoms with van der Waals surface area (Å²) in [5.41, 5.74) is 4.47. The molecule has 0 saturated carbocycles. The Morgan fingerprint density at radius 2 is 1.91 bits per heavy atom. The molecule has 0 saturated heterocycles. The summed E-state index contributed by atoms with van der Waals surface area (Å²) in [6, 6.07) is 15.3. The van der Waals surface area contributed by atoms with Crippen LogP contribution < -0.4 is 5.32 Å². The second-order valence-corrected chi connectivity index (χ2v) is 5.29. The predicted octanol–water partition coefficient (Wildman–Crippen LogP) is 3.38. The van der Waals surface area contributed by atoms with E-state index in [2.05, 4.69) is 15.3 Å². The van der Waals surface area contributed by atoms with Crippen LogP contribution in [0.25, 0.3) is 11.3 Å². The first-order valence-electron chi connectivity index (χ1n) is 7.43. The number of aromatic nitrogens is 2. The monoisotopic (exact) mass is 303 g/mol. The molecular weight excluding hydrogens is 286 g/mol. The van der Waals surface area contributed by atoms with Crippen molar-refractivity contribution in [3.05, 3.63) is 83.8 Å². The third kappa shape index (κ3) is 3.61. The highest BCUT2D eigenvalue weighted by atomic mass is 16.1. The maximum atomic E-state index is 12.2. The predicted molar refractivity (Wildman–Crippen MR) is 89.8 cm³/mol. The Labute approximate surface area is 135 Å². The number of hydrogen-bond donors (Lipinski definition) is 1. The first-order chi connectivity index (χ1) is 11.2. The molecule has 0 atom stereocenters. The van der Waals surface area contributed by atoms with Crippen LogP contribution in [0, 0.1) is 6.92 Å². The second kappa shape index (κ2) is 6.83. The zero-order valence-electron chi connectivity index (χ0n) is 12.9. The molecule has 0 radical (unpaired) electrons. The molecule has 4 nitrogen and oxygen atoms in total. The molecule has 0 aliphatic rings. The molecule has 0 spiro atoms. The van der Waals surface area contributed by atoms with Crippen LogP contribution in [0.5, 0.6) is 0 Å². The zero-order valence-corrected chi connectivity index (χ0v) is 12.9. The number of hydrogen-bond acceptors (Lipinski definition) is 3. The van der Waals surface area contributed by atoms with Gasteiger partial charge in [-0.15, -0.1) is 0 Å². The van der Waals surface area contributed by atoms with E-state index in [9.17, 15) is 4.79 Å². The molecule has 114 valence electrons. The van der Waals surface area contributed by atoms with Crippen molar-refractivity contribution in [2.24, 2.45) is 0 Å². The largest absolute Gasteiger partial charge is 0.348 e. The highest BCUT2D eigenvalue weighted by Crippen LogP contribution is 2.15. The van der Waals surface area contributed by atoms with Crippen molar-refractivity contribution in [3.8, 4) is 11.3 Å². The van der Waals surface area contributed by atoms with E-state index in [-0.39, 0.29) is 5.91 Å². The van der Waals surface area contributed by atoms with Crippen molar-refractivity contribution in [3.63, 3.8) is 0 Å². The van der Waals surface area contributed by atoms with Gasteiger partial charge in [0, 0.05) is 36.3 Å². The fourth-order valence-electron chi connectivity index (χ4n) is 2.32. The summed E-state index contributed by atoms with van der Waals surface area (Å²) in [7, 11) is 0. The third-order valence-electron chi connectivity index (χ3n) is 3.62. The minimum atomic E-state index is -0.0700. The topological polar surface area (TPSA) is 54.9 Å². The van der Waals surface area contributed by atoms with Gasteiger partial charge in [-0.2, -0.15) is 0 Å². The average molecular weight is 303 g/mol. The van der Waals surface area contributed by atoms with Crippen molar-refractivity contribution in [1.82, 2.24) is 15.3 Å². The SMILES string of the molecule is Cc1ccccc1C(=O)NCc1ccc(-c2cccnc2)nc1. The Hall–Kier alpha value is -3.01. The van der Waals surface area contributed by atoms with Gasteiger partial charge in [0.1, 0.15) is 0 Å². The van der Waals surface area contributed by atoms with E-state index in [4.69, 9.17) is 0 Å². The summed E-state index contributed by atoms with van der Waals surface area (Å²) < 4.78 is 0. The second-order valence-electron chi connectivity index (χ2n) is 5.29. The van der Waals surface area contributed by atoms with Crippen molar-refractivity contribution in [1.29, 1.82) is 0 Å². The smallest absolute Gasteiger partial charge is 0.251 e. The van der Waals surface area contributed by atoms with Gasteiger partial charge in [-0.1, -0.05) is 24.3 Å². The Kier molecular flexibility index (Phi) is 4.43. The van der Waals surface area contributed by atoms with Crippen LogP contribution in [-0.4, -0.2) is 15.9 Å². The van der Waals surface area contributed by atoms with E-state index in [1.54, 1.807) is 18.6 Å². The van der Waals surface area contributed by atoms with Gasteiger partial charge in [0.25, 0.3) is 5.91 Å². The van der Waals surface area contributed by atoms with E-state index in [0.717, 1.165) is 22.4 Å². The van der Waals surface area contributed by atoms with Gasteiger partial charge >= 0.3 is 0 Å². The van der Waals surface area contributed by atoms with Gasteiger partial charge in [0.15, 0.2) is 0 Å². The minimum Gasteiger partial charge on any atom is -0.348 e. The maximum absolute atomic E-state index is 12.2. The van der Waals surface area contributed by atoms with Crippen molar-refractivity contribution >= 4 is 5.91 Å². The number of benzene rings is 1. The van der Waals surface area contributed by atoms with Crippen LogP contribution in [0.3, 0.4) is 0 Å². The lowest BCUT2D eigenvalue weighted by atomic mass is 10.1. The van der Waals surface area contributed by atoms with E-state index in [1.165, 1.54) is 0 Å². The number of carbonyl (C=O) groups is 1. The lowest BCUT2D eigenvalue weighted by Crippen LogP contribution is -2.23. The van der Waals surface area contributed by atoms with E-state index in [0.29, 0.717) is 12.1 Å². The van der Waals surface area contributed by atoms with Crippen molar-refractivity contribution in [2.75, 3.05) is 0 Å². The third-order valence-corrected chi connectivity index (χ3v) is 3.62. The van der Waals surface area contributed by atoms with E-state index in [1.807, 2.05) is 55.5 Å². The van der Waals surface area contributed by atoms with E-state index >= 15 is 0 Å². The molecule has 1 N–H and O–H groups in total. The fourth-order valence-corrected chi connectivity index (χ4v) is 2.32. The molecular formula is C19H17N3O. The van der Waals surface area contributed by atoms with Crippen LogP contribution in [0.1, 0.15) is 21.5 Å². The number of carbonyl (C=O) groups excluding carboxylic acids is 1. The molecule has 1 amide bonds. The molecule has 3 rings (SSSR count). The average Bonchev–Trinajstić information content (AvgIpc) is 2.61. The van der Waals surface area contributed by atoms with Gasteiger partial charge in [-0.3, -0.25) is 14.8 Å². The molecule has 2 aromatic heterocycles. The molecule has 0 aliphatic carbocycles. The number of aryl methyl sites for hydroxylation is 1. The van der Waals surface area contributed by atoms with Gasteiger partial charge in [0.2, 0.25) is 0 Å². The number of pyridine rings is 2. The maximum Gasteiger partial charge on any atom is 0.251 e. The number of rotatable bonds is 4. The Morgan fingerprint density at radius 1 is 1.04 bits per heavy atom.